The molecule has 0 radical (unpaired) electrons. The minimum Gasteiger partial charge on any atom is -0.166 e. The number of thiol groups is 1. The van der Waals surface area contributed by atoms with Crippen molar-refractivity contribution in [3.63, 3.8) is 0 Å². The van der Waals surface area contributed by atoms with Gasteiger partial charge in [-0.25, -0.2) is 0 Å². The summed E-state index contributed by atoms with van der Waals surface area (Å²) >= 11 is 9.39. The maximum absolute atomic E-state index is 12.3. The van der Waals surface area contributed by atoms with Crippen molar-refractivity contribution in [2.75, 3.05) is 0 Å². The number of hydrogen-bond donors (Lipinski definition) is 1. The zero-order chi connectivity index (χ0) is 10.2. The Labute approximate surface area is 84.1 Å². The average Bonchev–Trinajstić information content (AvgIpc) is 1.98. The van der Waals surface area contributed by atoms with Crippen molar-refractivity contribution in [2.24, 2.45) is 0 Å². The zero-order valence-corrected chi connectivity index (χ0v) is 8.26. The van der Waals surface area contributed by atoms with Crippen molar-refractivity contribution in [2.45, 2.75) is 18.0 Å². The SMILES string of the molecule is Cc1c(Cl)ccc(C(F)(F)F)c1S. The standard InChI is InChI=1S/C8H6ClF3S/c1-4-6(9)3-2-5(7(4)13)8(10,11)12/h2-3,13H,1H3. The van der Waals surface area contributed by atoms with E-state index in [1.165, 1.54) is 13.0 Å². The van der Waals surface area contributed by atoms with Gasteiger partial charge >= 0.3 is 6.18 Å². The summed E-state index contributed by atoms with van der Waals surface area (Å²) < 4.78 is 36.8. The lowest BCUT2D eigenvalue weighted by molar-refractivity contribution is -0.139. The predicted octanol–water partition coefficient (Wildman–Crippen LogP) is 3.96. The van der Waals surface area contributed by atoms with E-state index in [1.807, 2.05) is 0 Å². The Kier molecular flexibility index (Phi) is 2.82. The molecule has 0 aliphatic heterocycles. The molecule has 0 bridgehead atoms. The molecule has 0 aromatic heterocycles. The number of hydrogen-bond acceptors (Lipinski definition) is 1. The van der Waals surface area contributed by atoms with Crippen LogP contribution in [0.3, 0.4) is 0 Å². The van der Waals surface area contributed by atoms with Gasteiger partial charge in [-0.05, 0) is 24.6 Å². The van der Waals surface area contributed by atoms with Gasteiger partial charge in [0.1, 0.15) is 0 Å². The highest BCUT2D eigenvalue weighted by Crippen LogP contribution is 2.37. The lowest BCUT2D eigenvalue weighted by atomic mass is 10.1. The second-order valence-corrected chi connectivity index (χ2v) is 3.42. The Bertz CT molecular complexity index is 333. The first-order valence-electron chi connectivity index (χ1n) is 3.39. The molecule has 0 saturated carbocycles. The van der Waals surface area contributed by atoms with Crippen molar-refractivity contribution in [3.8, 4) is 0 Å². The Hall–Kier alpha value is -0.350. The normalized spacial score (nSPS) is 11.8. The monoisotopic (exact) mass is 226 g/mol. The van der Waals surface area contributed by atoms with Crippen LogP contribution in [-0.2, 0) is 6.18 Å². The van der Waals surface area contributed by atoms with E-state index >= 15 is 0 Å². The molecule has 13 heavy (non-hydrogen) atoms. The van der Waals surface area contributed by atoms with E-state index in [4.69, 9.17) is 11.6 Å². The van der Waals surface area contributed by atoms with Crippen LogP contribution in [0, 0.1) is 6.92 Å². The Morgan fingerprint density at radius 3 is 2.31 bits per heavy atom. The molecule has 0 nitrogen and oxygen atoms in total. The van der Waals surface area contributed by atoms with Crippen molar-refractivity contribution in [3.05, 3.63) is 28.3 Å². The fraction of sp³-hybridized carbons (Fsp3) is 0.250. The smallest absolute Gasteiger partial charge is 0.166 e. The van der Waals surface area contributed by atoms with Crippen molar-refractivity contribution < 1.29 is 13.2 Å². The van der Waals surface area contributed by atoms with Crippen LogP contribution in [0.25, 0.3) is 0 Å². The highest BCUT2D eigenvalue weighted by atomic mass is 35.5. The first-order valence-corrected chi connectivity index (χ1v) is 4.22. The van der Waals surface area contributed by atoms with Crippen LogP contribution >= 0.6 is 24.2 Å². The zero-order valence-electron chi connectivity index (χ0n) is 6.61. The van der Waals surface area contributed by atoms with Gasteiger partial charge in [0.15, 0.2) is 0 Å². The largest absolute Gasteiger partial charge is 0.417 e. The molecule has 5 heteroatoms. The second kappa shape index (κ2) is 3.42. The molecular formula is C8H6ClF3S. The van der Waals surface area contributed by atoms with Gasteiger partial charge in [0.25, 0.3) is 0 Å². The summed E-state index contributed by atoms with van der Waals surface area (Å²) in [5.74, 6) is 0. The third-order valence-corrected chi connectivity index (χ3v) is 2.66. The molecule has 0 aliphatic carbocycles. The van der Waals surface area contributed by atoms with Crippen molar-refractivity contribution >= 4 is 24.2 Å². The van der Waals surface area contributed by atoms with Crippen molar-refractivity contribution in [1.29, 1.82) is 0 Å². The van der Waals surface area contributed by atoms with E-state index in [0.29, 0.717) is 5.56 Å². The van der Waals surface area contributed by atoms with Crippen molar-refractivity contribution in [1.82, 2.24) is 0 Å². The minimum atomic E-state index is -4.37. The lowest BCUT2D eigenvalue weighted by Crippen LogP contribution is -2.06. The molecule has 1 aromatic rings. The molecule has 0 heterocycles. The third-order valence-electron chi connectivity index (χ3n) is 1.67. The van der Waals surface area contributed by atoms with E-state index in [1.54, 1.807) is 0 Å². The Morgan fingerprint density at radius 2 is 1.85 bits per heavy atom. The molecule has 0 unspecified atom stereocenters. The molecular weight excluding hydrogens is 221 g/mol. The molecule has 0 amide bonds. The fourth-order valence-corrected chi connectivity index (χ4v) is 1.45. The second-order valence-electron chi connectivity index (χ2n) is 2.57. The first kappa shape index (κ1) is 10.7. The van der Waals surface area contributed by atoms with Crippen LogP contribution in [0.2, 0.25) is 5.02 Å². The van der Waals surface area contributed by atoms with Crippen LogP contribution in [0.1, 0.15) is 11.1 Å². The van der Waals surface area contributed by atoms with Gasteiger partial charge in [0.05, 0.1) is 5.56 Å². The number of alkyl halides is 3. The molecule has 0 aliphatic rings. The van der Waals surface area contributed by atoms with Crippen LogP contribution in [0.5, 0.6) is 0 Å². The molecule has 0 spiro atoms. The fourth-order valence-electron chi connectivity index (χ4n) is 0.904. The minimum absolute atomic E-state index is 0.111. The summed E-state index contributed by atoms with van der Waals surface area (Å²) in [7, 11) is 0. The van der Waals surface area contributed by atoms with E-state index in [9.17, 15) is 13.2 Å². The summed E-state index contributed by atoms with van der Waals surface area (Å²) in [5, 5.41) is 0.290. The summed E-state index contributed by atoms with van der Waals surface area (Å²) in [4.78, 5) is -0.111. The van der Waals surface area contributed by atoms with Gasteiger partial charge in [-0.3, -0.25) is 0 Å². The molecule has 0 N–H and O–H groups in total. The Morgan fingerprint density at radius 1 is 1.31 bits per heavy atom. The number of halogens is 4. The van der Waals surface area contributed by atoms with Gasteiger partial charge in [-0.1, -0.05) is 11.6 Å². The third kappa shape index (κ3) is 2.11. The average molecular weight is 227 g/mol. The molecule has 0 saturated heterocycles. The summed E-state index contributed by atoms with van der Waals surface area (Å²) in [6, 6.07) is 2.15. The predicted molar refractivity (Wildman–Crippen MR) is 48.4 cm³/mol. The Balaban J connectivity index is 3.35. The van der Waals surface area contributed by atoms with Crippen LogP contribution < -0.4 is 0 Å². The quantitative estimate of drug-likeness (QED) is 0.636. The van der Waals surface area contributed by atoms with Gasteiger partial charge in [-0.2, -0.15) is 13.2 Å². The van der Waals surface area contributed by atoms with Gasteiger partial charge < -0.3 is 0 Å². The molecule has 0 fully saturated rings. The van der Waals surface area contributed by atoms with E-state index in [0.717, 1.165) is 6.07 Å². The summed E-state index contributed by atoms with van der Waals surface area (Å²) in [6.07, 6.45) is -4.37. The van der Waals surface area contributed by atoms with E-state index in [-0.39, 0.29) is 9.92 Å². The summed E-state index contributed by atoms with van der Waals surface area (Å²) in [5.41, 5.74) is -0.405. The molecule has 0 atom stereocenters. The van der Waals surface area contributed by atoms with Gasteiger partial charge in [-0.15, -0.1) is 12.6 Å². The molecule has 1 aromatic carbocycles. The van der Waals surface area contributed by atoms with E-state index in [2.05, 4.69) is 12.6 Å². The highest BCUT2D eigenvalue weighted by molar-refractivity contribution is 7.80. The summed E-state index contributed by atoms with van der Waals surface area (Å²) in [6.45, 7) is 1.50. The maximum Gasteiger partial charge on any atom is 0.417 e. The van der Waals surface area contributed by atoms with Crippen LogP contribution in [0.15, 0.2) is 17.0 Å². The van der Waals surface area contributed by atoms with Crippen LogP contribution in [-0.4, -0.2) is 0 Å². The van der Waals surface area contributed by atoms with Gasteiger partial charge in [0.2, 0.25) is 0 Å². The molecule has 1 rings (SSSR count). The van der Waals surface area contributed by atoms with Crippen LogP contribution in [0.4, 0.5) is 13.2 Å². The highest BCUT2D eigenvalue weighted by Gasteiger charge is 2.33. The number of rotatable bonds is 0. The topological polar surface area (TPSA) is 0 Å². The first-order chi connectivity index (χ1) is 5.84. The number of benzene rings is 1. The maximum atomic E-state index is 12.3. The lowest BCUT2D eigenvalue weighted by Gasteiger charge is -2.11. The van der Waals surface area contributed by atoms with Gasteiger partial charge in [0, 0.05) is 9.92 Å². The van der Waals surface area contributed by atoms with E-state index < -0.39 is 11.7 Å². The molecule has 72 valence electrons.